The van der Waals surface area contributed by atoms with Gasteiger partial charge in [-0.2, -0.15) is 0 Å². The molecule has 6 nitrogen and oxygen atoms in total. The molecule has 7 heteroatoms. The summed E-state index contributed by atoms with van der Waals surface area (Å²) in [6, 6.07) is 6.15. The summed E-state index contributed by atoms with van der Waals surface area (Å²) < 4.78 is 0.624. The van der Waals surface area contributed by atoms with E-state index in [0.717, 1.165) is 0 Å². The zero-order valence-electron chi connectivity index (χ0n) is 12.1. The van der Waals surface area contributed by atoms with Crippen LogP contribution in [-0.2, 0) is 9.59 Å². The van der Waals surface area contributed by atoms with E-state index in [-0.39, 0.29) is 11.8 Å². The minimum atomic E-state index is -0.706. The lowest BCUT2D eigenvalue weighted by Gasteiger charge is -2.21. The van der Waals surface area contributed by atoms with Crippen LogP contribution in [0.4, 0.5) is 0 Å². The van der Waals surface area contributed by atoms with Crippen molar-refractivity contribution >= 4 is 33.7 Å². The van der Waals surface area contributed by atoms with Crippen LogP contribution in [0.2, 0.25) is 0 Å². The Labute approximate surface area is 131 Å². The number of hydrogen-bond donors (Lipinski definition) is 3. The Morgan fingerprint density at radius 1 is 1.10 bits per heavy atom. The first kappa shape index (κ1) is 17.2. The van der Waals surface area contributed by atoms with Crippen LogP contribution in [0.15, 0.2) is 28.7 Å². The van der Waals surface area contributed by atoms with Gasteiger partial charge in [0, 0.05) is 11.4 Å². The van der Waals surface area contributed by atoms with E-state index in [1.165, 1.54) is 6.92 Å². The van der Waals surface area contributed by atoms with E-state index in [0.29, 0.717) is 10.0 Å². The number of hydrogen-bond acceptors (Lipinski definition) is 3. The molecule has 0 unspecified atom stereocenters. The standard InChI is InChI=1S/C14H18BrN3O3/c1-8(2)12(16-9(3)19)14(21)18-17-13(20)10-6-4-5-7-11(10)15/h4-8,12H,1-3H3,(H,16,19)(H,17,20)(H,18,21)/t12-/m1/s1. The lowest BCUT2D eigenvalue weighted by molar-refractivity contribution is -0.129. The molecule has 1 aromatic carbocycles. The first-order chi connectivity index (χ1) is 9.82. The number of rotatable bonds is 4. The van der Waals surface area contributed by atoms with Gasteiger partial charge >= 0.3 is 0 Å². The third-order valence-electron chi connectivity index (χ3n) is 2.73. The van der Waals surface area contributed by atoms with Crippen molar-refractivity contribution in [1.29, 1.82) is 0 Å². The lowest BCUT2D eigenvalue weighted by atomic mass is 10.0. The molecule has 0 fully saturated rings. The van der Waals surface area contributed by atoms with Crippen LogP contribution in [0.25, 0.3) is 0 Å². The highest BCUT2D eigenvalue weighted by molar-refractivity contribution is 9.10. The molecule has 0 aliphatic rings. The number of amides is 3. The van der Waals surface area contributed by atoms with Gasteiger partial charge in [-0.3, -0.25) is 25.2 Å². The third-order valence-corrected chi connectivity index (χ3v) is 3.42. The molecule has 3 amide bonds. The molecule has 1 atom stereocenters. The molecule has 0 spiro atoms. The lowest BCUT2D eigenvalue weighted by Crippen LogP contribution is -2.54. The minimum absolute atomic E-state index is 0.103. The van der Waals surface area contributed by atoms with Crippen LogP contribution in [-0.4, -0.2) is 23.8 Å². The fraction of sp³-hybridized carbons (Fsp3) is 0.357. The summed E-state index contributed by atoms with van der Waals surface area (Å²) in [7, 11) is 0. The van der Waals surface area contributed by atoms with Crippen LogP contribution in [0.1, 0.15) is 31.1 Å². The first-order valence-electron chi connectivity index (χ1n) is 6.44. The fourth-order valence-corrected chi connectivity index (χ4v) is 2.13. The number of hydrazine groups is 1. The van der Waals surface area contributed by atoms with Crippen molar-refractivity contribution in [2.24, 2.45) is 5.92 Å². The maximum atomic E-state index is 12.0. The van der Waals surface area contributed by atoms with Crippen LogP contribution in [0.5, 0.6) is 0 Å². The van der Waals surface area contributed by atoms with Crippen molar-refractivity contribution in [3.8, 4) is 0 Å². The number of carbonyl (C=O) groups excluding carboxylic acids is 3. The highest BCUT2D eigenvalue weighted by atomic mass is 79.9. The van der Waals surface area contributed by atoms with Crippen molar-refractivity contribution in [3.63, 3.8) is 0 Å². The smallest absolute Gasteiger partial charge is 0.270 e. The quantitative estimate of drug-likeness (QED) is 0.712. The van der Waals surface area contributed by atoms with Gasteiger partial charge in [-0.25, -0.2) is 0 Å². The summed E-state index contributed by atoms with van der Waals surface area (Å²) in [4.78, 5) is 35.0. The average Bonchev–Trinajstić information content (AvgIpc) is 2.41. The molecule has 114 valence electrons. The zero-order valence-corrected chi connectivity index (χ0v) is 13.7. The molecule has 0 radical (unpaired) electrons. The number of nitrogens with one attached hydrogen (secondary N) is 3. The summed E-state index contributed by atoms with van der Waals surface area (Å²) in [5.74, 6) is -1.32. The Kier molecular flexibility index (Phi) is 6.36. The Bertz CT molecular complexity index is 546. The van der Waals surface area contributed by atoms with E-state index in [1.54, 1.807) is 38.1 Å². The second-order valence-electron chi connectivity index (χ2n) is 4.85. The van der Waals surface area contributed by atoms with Crippen molar-refractivity contribution in [2.75, 3.05) is 0 Å². The maximum Gasteiger partial charge on any atom is 0.270 e. The van der Waals surface area contributed by atoms with Crippen LogP contribution in [0, 0.1) is 5.92 Å². The molecule has 1 rings (SSSR count). The molecular weight excluding hydrogens is 338 g/mol. The zero-order chi connectivity index (χ0) is 16.0. The Hall–Kier alpha value is -1.89. The molecule has 0 saturated heterocycles. The molecule has 0 aromatic heterocycles. The van der Waals surface area contributed by atoms with Gasteiger partial charge < -0.3 is 5.32 Å². The highest BCUT2D eigenvalue weighted by Crippen LogP contribution is 2.15. The Morgan fingerprint density at radius 3 is 2.24 bits per heavy atom. The second kappa shape index (κ2) is 7.78. The van der Waals surface area contributed by atoms with E-state index >= 15 is 0 Å². The van der Waals surface area contributed by atoms with Gasteiger partial charge in [-0.05, 0) is 34.0 Å². The van der Waals surface area contributed by atoms with Crippen molar-refractivity contribution in [1.82, 2.24) is 16.2 Å². The van der Waals surface area contributed by atoms with Crippen LogP contribution < -0.4 is 16.2 Å². The normalized spacial score (nSPS) is 11.7. The molecule has 3 N–H and O–H groups in total. The van der Waals surface area contributed by atoms with Crippen LogP contribution >= 0.6 is 15.9 Å². The number of halogens is 1. The van der Waals surface area contributed by atoms with Crippen molar-refractivity contribution in [3.05, 3.63) is 34.3 Å². The second-order valence-corrected chi connectivity index (χ2v) is 5.70. The number of benzene rings is 1. The van der Waals surface area contributed by atoms with E-state index in [4.69, 9.17) is 0 Å². The molecule has 0 aliphatic heterocycles. The van der Waals surface area contributed by atoms with Gasteiger partial charge in [-0.15, -0.1) is 0 Å². The fourth-order valence-electron chi connectivity index (χ4n) is 1.66. The predicted octanol–water partition coefficient (Wildman–Crippen LogP) is 1.37. The monoisotopic (exact) mass is 355 g/mol. The van der Waals surface area contributed by atoms with E-state index < -0.39 is 17.9 Å². The number of carbonyl (C=O) groups is 3. The summed E-state index contributed by atoms with van der Waals surface area (Å²) in [6.07, 6.45) is 0. The van der Waals surface area contributed by atoms with Gasteiger partial charge in [0.1, 0.15) is 6.04 Å². The van der Waals surface area contributed by atoms with Crippen molar-refractivity contribution in [2.45, 2.75) is 26.8 Å². The molecule has 0 bridgehead atoms. The van der Waals surface area contributed by atoms with E-state index in [2.05, 4.69) is 32.1 Å². The Balaban J connectivity index is 2.65. The van der Waals surface area contributed by atoms with Gasteiger partial charge in [0.15, 0.2) is 0 Å². The third kappa shape index (κ3) is 5.18. The van der Waals surface area contributed by atoms with Gasteiger partial charge in [-0.1, -0.05) is 26.0 Å². The van der Waals surface area contributed by atoms with Gasteiger partial charge in [0.2, 0.25) is 5.91 Å². The average molecular weight is 356 g/mol. The SMILES string of the molecule is CC(=O)N[C@@H](C(=O)NNC(=O)c1ccccc1Br)C(C)C. The van der Waals surface area contributed by atoms with Crippen LogP contribution in [0.3, 0.4) is 0 Å². The topological polar surface area (TPSA) is 87.3 Å². The first-order valence-corrected chi connectivity index (χ1v) is 7.24. The molecule has 0 aliphatic carbocycles. The van der Waals surface area contributed by atoms with Gasteiger partial charge in [0.25, 0.3) is 11.8 Å². The Morgan fingerprint density at radius 2 is 1.71 bits per heavy atom. The summed E-state index contributed by atoms with van der Waals surface area (Å²) in [6.45, 7) is 4.94. The predicted molar refractivity (Wildman–Crippen MR) is 82.2 cm³/mol. The molecule has 0 heterocycles. The van der Waals surface area contributed by atoms with E-state index in [9.17, 15) is 14.4 Å². The summed E-state index contributed by atoms with van der Waals surface area (Å²) >= 11 is 3.26. The summed E-state index contributed by atoms with van der Waals surface area (Å²) in [5, 5.41) is 2.54. The molecule has 0 saturated carbocycles. The summed E-state index contributed by atoms with van der Waals surface area (Å²) in [5.41, 5.74) is 5.05. The minimum Gasteiger partial charge on any atom is -0.344 e. The molecular formula is C14H18BrN3O3. The van der Waals surface area contributed by atoms with Gasteiger partial charge in [0.05, 0.1) is 5.56 Å². The molecule has 21 heavy (non-hydrogen) atoms. The largest absolute Gasteiger partial charge is 0.344 e. The van der Waals surface area contributed by atoms with Crippen molar-refractivity contribution < 1.29 is 14.4 Å². The van der Waals surface area contributed by atoms with E-state index in [1.807, 2.05) is 0 Å². The molecule has 1 aromatic rings. The highest BCUT2D eigenvalue weighted by Gasteiger charge is 2.23. The maximum absolute atomic E-state index is 12.0.